The lowest BCUT2D eigenvalue weighted by Crippen LogP contribution is -2.57. The van der Waals surface area contributed by atoms with E-state index < -0.39 is 5.82 Å². The van der Waals surface area contributed by atoms with E-state index in [1.165, 1.54) is 24.5 Å². The fourth-order valence-electron chi connectivity index (χ4n) is 3.75. The first kappa shape index (κ1) is 17.3. The number of rotatable bonds is 3. The highest BCUT2D eigenvalue weighted by atomic mass is 19.1. The van der Waals surface area contributed by atoms with Crippen LogP contribution in [0.25, 0.3) is 0 Å². The van der Waals surface area contributed by atoms with Gasteiger partial charge in [-0.05, 0) is 30.5 Å². The Hall–Kier alpha value is -2.12. The quantitative estimate of drug-likeness (QED) is 0.842. The molecular weight excluding hydrogens is 338 g/mol. The van der Waals surface area contributed by atoms with E-state index in [4.69, 9.17) is 4.74 Å². The second kappa shape index (κ2) is 7.25. The van der Waals surface area contributed by atoms with Crippen molar-refractivity contribution in [3.05, 3.63) is 53.9 Å². The highest BCUT2D eigenvalue weighted by molar-refractivity contribution is 5.30. The zero-order chi connectivity index (χ0) is 18.0. The van der Waals surface area contributed by atoms with E-state index >= 15 is 0 Å². The summed E-state index contributed by atoms with van der Waals surface area (Å²) in [4.78, 5) is 12.7. The summed E-state index contributed by atoms with van der Waals surface area (Å²) in [5, 5.41) is 0. The Morgan fingerprint density at radius 2 is 1.65 bits per heavy atom. The maximum atomic E-state index is 13.1. The molecule has 0 bridgehead atoms. The lowest BCUT2D eigenvalue weighted by Gasteiger charge is -2.47. The molecule has 0 aliphatic carbocycles. The van der Waals surface area contributed by atoms with Gasteiger partial charge in [-0.15, -0.1) is 0 Å². The van der Waals surface area contributed by atoms with Crippen LogP contribution in [0.3, 0.4) is 0 Å². The number of hydrogen-bond donors (Lipinski definition) is 0. The number of anilines is 1. The number of likely N-dealkylation sites (tertiary alicyclic amines) is 1. The number of benzene rings is 1. The molecule has 1 spiro atoms. The summed E-state index contributed by atoms with van der Waals surface area (Å²) >= 11 is 0. The highest BCUT2D eigenvalue weighted by Gasteiger charge is 2.40. The predicted molar refractivity (Wildman–Crippen MR) is 93.8 cm³/mol. The number of hydrogen-bond acceptors (Lipinski definition) is 5. The van der Waals surface area contributed by atoms with Gasteiger partial charge >= 0.3 is 0 Å². The fourth-order valence-corrected chi connectivity index (χ4v) is 3.75. The Bertz CT molecular complexity index is 730. The van der Waals surface area contributed by atoms with Crippen molar-refractivity contribution in [2.75, 3.05) is 37.7 Å². The van der Waals surface area contributed by atoms with Crippen LogP contribution in [0.5, 0.6) is 0 Å². The van der Waals surface area contributed by atoms with Crippen LogP contribution in [0.2, 0.25) is 0 Å². The van der Waals surface area contributed by atoms with E-state index in [2.05, 4.69) is 19.8 Å². The molecule has 7 heteroatoms. The summed E-state index contributed by atoms with van der Waals surface area (Å²) in [5.74, 6) is -0.0707. The number of nitrogens with zero attached hydrogens (tertiary/aromatic N) is 4. The molecule has 0 saturated carbocycles. The van der Waals surface area contributed by atoms with Gasteiger partial charge in [0.15, 0.2) is 5.82 Å². The van der Waals surface area contributed by atoms with Crippen molar-refractivity contribution in [1.82, 2.24) is 14.9 Å². The van der Waals surface area contributed by atoms with Gasteiger partial charge in [0.25, 0.3) is 0 Å². The lowest BCUT2D eigenvalue weighted by atomic mass is 9.89. The third-order valence-electron chi connectivity index (χ3n) is 5.22. The molecule has 2 aromatic rings. The molecule has 3 heterocycles. The Morgan fingerprint density at radius 1 is 0.962 bits per heavy atom. The molecule has 2 fully saturated rings. The summed E-state index contributed by atoms with van der Waals surface area (Å²) < 4.78 is 32.2. The smallest absolute Gasteiger partial charge is 0.225 e. The Morgan fingerprint density at radius 3 is 2.35 bits per heavy atom. The molecule has 0 amide bonds. The second-order valence-electron chi connectivity index (χ2n) is 7.06. The zero-order valence-electron chi connectivity index (χ0n) is 14.6. The molecule has 138 valence electrons. The largest absolute Gasteiger partial charge is 0.371 e. The highest BCUT2D eigenvalue weighted by Crippen LogP contribution is 2.31. The van der Waals surface area contributed by atoms with Gasteiger partial charge in [-0.1, -0.05) is 12.1 Å². The van der Waals surface area contributed by atoms with Crippen LogP contribution in [0.4, 0.5) is 14.7 Å². The molecule has 2 aliphatic rings. The number of morpholine rings is 1. The first-order valence-corrected chi connectivity index (χ1v) is 8.95. The van der Waals surface area contributed by atoms with Crippen LogP contribution in [0, 0.1) is 11.6 Å². The molecular formula is C19H22F2N4O. The van der Waals surface area contributed by atoms with Crippen molar-refractivity contribution in [3.8, 4) is 0 Å². The molecule has 0 N–H and O–H groups in total. The Labute approximate surface area is 151 Å². The third kappa shape index (κ3) is 3.83. The maximum absolute atomic E-state index is 13.1. The molecule has 0 radical (unpaired) electrons. The lowest BCUT2D eigenvalue weighted by molar-refractivity contribution is -0.0924. The summed E-state index contributed by atoms with van der Waals surface area (Å²) in [7, 11) is 0. The van der Waals surface area contributed by atoms with Gasteiger partial charge < -0.3 is 9.64 Å². The van der Waals surface area contributed by atoms with Crippen LogP contribution >= 0.6 is 0 Å². The molecule has 0 atom stereocenters. The number of piperidine rings is 1. The first-order valence-electron chi connectivity index (χ1n) is 8.95. The van der Waals surface area contributed by atoms with Gasteiger partial charge in [0.05, 0.1) is 31.1 Å². The van der Waals surface area contributed by atoms with Gasteiger partial charge in [0.2, 0.25) is 5.95 Å². The molecule has 26 heavy (non-hydrogen) atoms. The first-order chi connectivity index (χ1) is 12.6. The van der Waals surface area contributed by atoms with Gasteiger partial charge in [-0.2, -0.15) is 0 Å². The Kier molecular flexibility index (Phi) is 4.82. The van der Waals surface area contributed by atoms with Crippen LogP contribution in [0.15, 0.2) is 36.7 Å². The number of aromatic nitrogens is 2. The van der Waals surface area contributed by atoms with E-state index in [-0.39, 0.29) is 11.4 Å². The average Bonchev–Trinajstić information content (AvgIpc) is 2.66. The van der Waals surface area contributed by atoms with Crippen molar-refractivity contribution in [2.45, 2.75) is 25.0 Å². The summed E-state index contributed by atoms with van der Waals surface area (Å²) in [6.07, 6.45) is 4.25. The fraction of sp³-hybridized carbons (Fsp3) is 0.474. The topological polar surface area (TPSA) is 41.5 Å². The van der Waals surface area contributed by atoms with Crippen molar-refractivity contribution in [2.24, 2.45) is 0 Å². The molecule has 1 aromatic heterocycles. The van der Waals surface area contributed by atoms with Gasteiger partial charge in [0, 0.05) is 26.2 Å². The van der Waals surface area contributed by atoms with Crippen molar-refractivity contribution >= 4 is 5.95 Å². The molecule has 2 aliphatic heterocycles. The maximum Gasteiger partial charge on any atom is 0.225 e. The zero-order valence-corrected chi connectivity index (χ0v) is 14.6. The third-order valence-corrected chi connectivity index (χ3v) is 5.22. The minimum atomic E-state index is -0.425. The number of ether oxygens (including phenoxy) is 1. The normalized spacial score (nSPS) is 20.5. The van der Waals surface area contributed by atoms with Gasteiger partial charge in [-0.25, -0.2) is 18.7 Å². The van der Waals surface area contributed by atoms with Crippen LogP contribution in [-0.4, -0.2) is 53.3 Å². The molecule has 2 saturated heterocycles. The van der Waals surface area contributed by atoms with Gasteiger partial charge in [0.1, 0.15) is 5.82 Å². The molecule has 0 unspecified atom stereocenters. The van der Waals surface area contributed by atoms with E-state index in [9.17, 15) is 8.78 Å². The minimum absolute atomic E-state index is 0.199. The van der Waals surface area contributed by atoms with E-state index in [0.717, 1.165) is 44.6 Å². The van der Waals surface area contributed by atoms with Crippen molar-refractivity contribution in [3.63, 3.8) is 0 Å². The van der Waals surface area contributed by atoms with Crippen LogP contribution in [0.1, 0.15) is 18.4 Å². The SMILES string of the molecule is Fc1ccc(CN2CCC3(CC2)CN(c2ncc(F)cn2)CCO3)cc1. The summed E-state index contributed by atoms with van der Waals surface area (Å²) in [5.41, 5.74) is 0.920. The predicted octanol–water partition coefficient (Wildman–Crippen LogP) is 2.63. The average molecular weight is 360 g/mol. The standard InChI is InChI=1S/C19H22F2N4O/c20-16-3-1-15(2-4-16)13-24-7-5-19(6-8-24)14-25(9-10-26-19)18-22-11-17(21)12-23-18/h1-4,11-12H,5-10,13-14H2. The van der Waals surface area contributed by atoms with E-state index in [0.29, 0.717) is 19.1 Å². The summed E-state index contributed by atoms with van der Waals surface area (Å²) in [6.45, 7) is 4.74. The van der Waals surface area contributed by atoms with Crippen LogP contribution < -0.4 is 4.90 Å². The van der Waals surface area contributed by atoms with Crippen molar-refractivity contribution < 1.29 is 13.5 Å². The number of halogens is 2. The Balaban J connectivity index is 1.36. The van der Waals surface area contributed by atoms with E-state index in [1.807, 2.05) is 12.1 Å². The minimum Gasteiger partial charge on any atom is -0.371 e. The molecule has 5 nitrogen and oxygen atoms in total. The van der Waals surface area contributed by atoms with E-state index in [1.54, 1.807) is 0 Å². The molecule has 1 aromatic carbocycles. The summed E-state index contributed by atoms with van der Waals surface area (Å²) in [6, 6.07) is 6.69. The van der Waals surface area contributed by atoms with Crippen LogP contribution in [-0.2, 0) is 11.3 Å². The van der Waals surface area contributed by atoms with Crippen molar-refractivity contribution in [1.29, 1.82) is 0 Å². The molecule has 4 rings (SSSR count). The monoisotopic (exact) mass is 360 g/mol. The van der Waals surface area contributed by atoms with Gasteiger partial charge in [-0.3, -0.25) is 4.90 Å². The second-order valence-corrected chi connectivity index (χ2v) is 7.06.